The molecular weight excluding hydrogens is 235 g/mol. The Morgan fingerprint density at radius 3 is 2.53 bits per heavy atom. The molecule has 1 aromatic carbocycles. The molecule has 0 saturated carbocycles. The predicted octanol–water partition coefficient (Wildman–Crippen LogP) is 1.79. The quantitative estimate of drug-likeness (QED) is 0.762. The minimum absolute atomic E-state index is 0.194. The number of carbonyl (C=O) groups is 1. The van der Waals surface area contributed by atoms with Gasteiger partial charge < -0.3 is 16.4 Å². The van der Waals surface area contributed by atoms with Gasteiger partial charge >= 0.3 is 12.2 Å². The van der Waals surface area contributed by atoms with Crippen LogP contribution < -0.4 is 16.4 Å². The maximum atomic E-state index is 12.6. The van der Waals surface area contributed by atoms with Crippen LogP contribution in [0.1, 0.15) is 5.56 Å². The van der Waals surface area contributed by atoms with E-state index in [-0.39, 0.29) is 18.8 Å². The normalized spacial score (nSPS) is 11.1. The molecule has 0 saturated heterocycles. The number of hydrogen-bond acceptors (Lipinski definition) is 2. The van der Waals surface area contributed by atoms with Gasteiger partial charge in [-0.25, -0.2) is 4.79 Å². The average Bonchev–Trinajstić information content (AvgIpc) is 2.25. The Balaban J connectivity index is 2.81. The Morgan fingerprint density at radius 1 is 1.29 bits per heavy atom. The Morgan fingerprint density at radius 2 is 1.94 bits per heavy atom. The number of benzene rings is 1. The largest absolute Gasteiger partial charge is 0.418 e. The highest BCUT2D eigenvalue weighted by molar-refractivity contribution is 5.90. The fourth-order valence-corrected chi connectivity index (χ4v) is 1.19. The molecule has 0 aromatic heterocycles. The van der Waals surface area contributed by atoms with Crippen LogP contribution in [0.3, 0.4) is 0 Å². The van der Waals surface area contributed by atoms with Gasteiger partial charge in [0, 0.05) is 13.1 Å². The third-order valence-corrected chi connectivity index (χ3v) is 1.91. The number of rotatable bonds is 3. The van der Waals surface area contributed by atoms with Crippen LogP contribution in [0.2, 0.25) is 0 Å². The summed E-state index contributed by atoms with van der Waals surface area (Å²) in [6, 6.07) is 4.04. The molecule has 1 rings (SSSR count). The van der Waals surface area contributed by atoms with E-state index in [2.05, 4.69) is 10.6 Å². The monoisotopic (exact) mass is 247 g/mol. The molecule has 0 fully saturated rings. The second-order valence-corrected chi connectivity index (χ2v) is 3.21. The van der Waals surface area contributed by atoms with Crippen molar-refractivity contribution in [3.8, 4) is 0 Å². The van der Waals surface area contributed by atoms with Crippen LogP contribution in [0.15, 0.2) is 24.3 Å². The van der Waals surface area contributed by atoms with Crippen molar-refractivity contribution in [3.63, 3.8) is 0 Å². The van der Waals surface area contributed by atoms with Crippen LogP contribution in [0, 0.1) is 0 Å². The lowest BCUT2D eigenvalue weighted by atomic mass is 10.1. The molecule has 0 aliphatic rings. The van der Waals surface area contributed by atoms with Crippen molar-refractivity contribution in [1.29, 1.82) is 0 Å². The second kappa shape index (κ2) is 5.53. The Hall–Kier alpha value is -1.76. The summed E-state index contributed by atoms with van der Waals surface area (Å²) in [5, 5.41) is 4.44. The van der Waals surface area contributed by atoms with Gasteiger partial charge in [-0.05, 0) is 12.1 Å². The van der Waals surface area contributed by atoms with Crippen molar-refractivity contribution in [2.24, 2.45) is 5.73 Å². The lowest BCUT2D eigenvalue weighted by molar-refractivity contribution is -0.136. The summed E-state index contributed by atoms with van der Waals surface area (Å²) in [5.74, 6) is 0. The lowest BCUT2D eigenvalue weighted by Crippen LogP contribution is -2.33. The number of nitrogens with two attached hydrogens (primary N) is 1. The van der Waals surface area contributed by atoms with Crippen LogP contribution >= 0.6 is 0 Å². The Labute approximate surface area is 96.0 Å². The topological polar surface area (TPSA) is 67.1 Å². The third-order valence-electron chi connectivity index (χ3n) is 1.91. The summed E-state index contributed by atoms with van der Waals surface area (Å²) in [6.45, 7) is 0.411. The van der Waals surface area contributed by atoms with E-state index in [1.165, 1.54) is 18.2 Å². The van der Waals surface area contributed by atoms with E-state index < -0.39 is 17.8 Å². The molecule has 0 heterocycles. The first-order chi connectivity index (χ1) is 7.95. The number of para-hydroxylation sites is 1. The number of hydrogen-bond donors (Lipinski definition) is 3. The molecule has 0 bridgehead atoms. The number of amides is 2. The number of halogens is 3. The van der Waals surface area contributed by atoms with E-state index in [0.717, 1.165) is 6.07 Å². The molecule has 7 heteroatoms. The molecule has 4 nitrogen and oxygen atoms in total. The van der Waals surface area contributed by atoms with Gasteiger partial charge in [0.25, 0.3) is 0 Å². The molecule has 4 N–H and O–H groups in total. The van der Waals surface area contributed by atoms with E-state index in [0.29, 0.717) is 0 Å². The summed E-state index contributed by atoms with van der Waals surface area (Å²) < 4.78 is 37.7. The third kappa shape index (κ3) is 3.95. The fourth-order valence-electron chi connectivity index (χ4n) is 1.19. The summed E-state index contributed by atoms with van der Waals surface area (Å²) in [6.07, 6.45) is -4.50. The molecule has 17 heavy (non-hydrogen) atoms. The number of carbonyl (C=O) groups excluding carboxylic acids is 1. The number of nitrogens with one attached hydrogen (secondary N) is 2. The first-order valence-corrected chi connectivity index (χ1v) is 4.86. The number of alkyl halides is 3. The SMILES string of the molecule is NCCNC(=O)Nc1ccccc1C(F)(F)F. The zero-order chi connectivity index (χ0) is 12.9. The summed E-state index contributed by atoms with van der Waals surface area (Å²) in [7, 11) is 0. The standard InChI is InChI=1S/C10H12F3N3O/c11-10(12,13)7-3-1-2-4-8(7)16-9(17)15-6-5-14/h1-4H,5-6,14H2,(H2,15,16,17). The van der Waals surface area contributed by atoms with Crippen LogP contribution in [-0.2, 0) is 6.18 Å². The Kier molecular flexibility index (Phi) is 4.33. The van der Waals surface area contributed by atoms with Gasteiger partial charge in [0.05, 0.1) is 11.3 Å². The van der Waals surface area contributed by atoms with Crippen molar-refractivity contribution < 1.29 is 18.0 Å². The van der Waals surface area contributed by atoms with Crippen molar-refractivity contribution >= 4 is 11.7 Å². The van der Waals surface area contributed by atoms with Gasteiger partial charge in [0.15, 0.2) is 0 Å². The molecule has 94 valence electrons. The van der Waals surface area contributed by atoms with Gasteiger partial charge in [-0.3, -0.25) is 0 Å². The highest BCUT2D eigenvalue weighted by atomic mass is 19.4. The number of urea groups is 1. The highest BCUT2D eigenvalue weighted by Gasteiger charge is 2.33. The summed E-state index contributed by atoms with van der Waals surface area (Å²) in [5.41, 5.74) is 3.98. The predicted molar refractivity (Wildman–Crippen MR) is 57.5 cm³/mol. The van der Waals surface area contributed by atoms with E-state index >= 15 is 0 Å². The van der Waals surface area contributed by atoms with Crippen molar-refractivity contribution in [2.45, 2.75) is 6.18 Å². The molecule has 0 unspecified atom stereocenters. The zero-order valence-corrected chi connectivity index (χ0v) is 8.84. The van der Waals surface area contributed by atoms with E-state index in [4.69, 9.17) is 5.73 Å². The maximum Gasteiger partial charge on any atom is 0.418 e. The molecule has 0 aliphatic heterocycles. The van der Waals surface area contributed by atoms with Gasteiger partial charge in [-0.1, -0.05) is 12.1 Å². The second-order valence-electron chi connectivity index (χ2n) is 3.21. The highest BCUT2D eigenvalue weighted by Crippen LogP contribution is 2.34. The van der Waals surface area contributed by atoms with Crippen LogP contribution in [-0.4, -0.2) is 19.1 Å². The molecular formula is C10H12F3N3O. The molecule has 0 radical (unpaired) electrons. The van der Waals surface area contributed by atoms with E-state index in [1.54, 1.807) is 0 Å². The van der Waals surface area contributed by atoms with Crippen molar-refractivity contribution in [1.82, 2.24) is 5.32 Å². The zero-order valence-electron chi connectivity index (χ0n) is 8.84. The van der Waals surface area contributed by atoms with Crippen molar-refractivity contribution in [2.75, 3.05) is 18.4 Å². The fraction of sp³-hybridized carbons (Fsp3) is 0.300. The van der Waals surface area contributed by atoms with Gasteiger partial charge in [0.2, 0.25) is 0 Å². The van der Waals surface area contributed by atoms with Crippen LogP contribution in [0.25, 0.3) is 0 Å². The minimum Gasteiger partial charge on any atom is -0.337 e. The molecule has 1 aromatic rings. The molecule has 0 atom stereocenters. The first kappa shape index (κ1) is 13.3. The van der Waals surface area contributed by atoms with Crippen molar-refractivity contribution in [3.05, 3.63) is 29.8 Å². The van der Waals surface area contributed by atoms with Gasteiger partial charge in [-0.15, -0.1) is 0 Å². The smallest absolute Gasteiger partial charge is 0.337 e. The summed E-state index contributed by atoms with van der Waals surface area (Å²) in [4.78, 5) is 11.2. The minimum atomic E-state index is -4.50. The first-order valence-electron chi connectivity index (χ1n) is 4.86. The van der Waals surface area contributed by atoms with E-state index in [1.807, 2.05) is 0 Å². The molecule has 0 spiro atoms. The van der Waals surface area contributed by atoms with Crippen LogP contribution in [0.5, 0.6) is 0 Å². The average molecular weight is 247 g/mol. The summed E-state index contributed by atoms with van der Waals surface area (Å²) >= 11 is 0. The van der Waals surface area contributed by atoms with Gasteiger partial charge in [-0.2, -0.15) is 13.2 Å². The maximum absolute atomic E-state index is 12.6. The van der Waals surface area contributed by atoms with E-state index in [9.17, 15) is 18.0 Å². The Bertz CT molecular complexity index is 393. The van der Waals surface area contributed by atoms with Crippen LogP contribution in [0.4, 0.5) is 23.7 Å². The lowest BCUT2D eigenvalue weighted by Gasteiger charge is -2.13. The van der Waals surface area contributed by atoms with Gasteiger partial charge in [0.1, 0.15) is 0 Å². The molecule has 0 aliphatic carbocycles. The molecule has 2 amide bonds. The number of anilines is 1.